The van der Waals surface area contributed by atoms with Crippen LogP contribution in [0.2, 0.25) is 0 Å². The number of ether oxygens (including phenoxy) is 2. The minimum Gasteiger partial charge on any atom is -0.469 e. The molecule has 0 aromatic rings. The Labute approximate surface area is 98.1 Å². The van der Waals surface area contributed by atoms with Gasteiger partial charge in [0.1, 0.15) is 0 Å². The highest BCUT2D eigenvalue weighted by atomic mass is 32.2. The van der Waals surface area contributed by atoms with E-state index in [1.165, 1.54) is 7.11 Å². The van der Waals surface area contributed by atoms with Crippen molar-refractivity contribution in [3.05, 3.63) is 0 Å². The van der Waals surface area contributed by atoms with Gasteiger partial charge in [-0.05, 0) is 24.7 Å². The van der Waals surface area contributed by atoms with Crippen LogP contribution >= 0.6 is 0 Å². The van der Waals surface area contributed by atoms with Crippen molar-refractivity contribution in [1.82, 2.24) is 0 Å². The first kappa shape index (κ1) is 12.0. The number of rotatable bonds is 5. The van der Waals surface area contributed by atoms with Crippen LogP contribution < -0.4 is 0 Å². The highest BCUT2D eigenvalue weighted by Gasteiger charge is 2.46. The van der Waals surface area contributed by atoms with E-state index in [-0.39, 0.29) is 16.6 Å². The van der Waals surface area contributed by atoms with Gasteiger partial charge < -0.3 is 9.47 Å². The molecule has 2 unspecified atom stereocenters. The second-order valence-electron chi connectivity index (χ2n) is 4.76. The first-order valence-corrected chi connectivity index (χ1v) is 7.05. The van der Waals surface area contributed by atoms with Crippen molar-refractivity contribution in [3.8, 4) is 0 Å². The van der Waals surface area contributed by atoms with Crippen molar-refractivity contribution < 1.29 is 18.5 Å². The molecule has 2 fully saturated rings. The van der Waals surface area contributed by atoms with E-state index in [1.54, 1.807) is 0 Å². The summed E-state index contributed by atoms with van der Waals surface area (Å²) >= 11 is 0. The van der Waals surface area contributed by atoms with Crippen LogP contribution in [0.15, 0.2) is 0 Å². The highest BCUT2D eigenvalue weighted by molar-refractivity contribution is 7.85. The van der Waals surface area contributed by atoms with Gasteiger partial charge in [0, 0.05) is 23.2 Å². The second-order valence-corrected chi connectivity index (χ2v) is 6.48. The van der Waals surface area contributed by atoms with Crippen LogP contribution in [0, 0.1) is 5.41 Å². The van der Waals surface area contributed by atoms with Crippen molar-refractivity contribution in [2.24, 2.45) is 5.41 Å². The molecule has 2 atom stereocenters. The molecule has 0 amide bonds. The quantitative estimate of drug-likeness (QED) is 0.675. The normalized spacial score (nSPS) is 28.7. The molecule has 0 spiro atoms. The molecule has 4 nitrogen and oxygen atoms in total. The molecular weight excluding hydrogens is 228 g/mol. The van der Waals surface area contributed by atoms with Gasteiger partial charge in [0.2, 0.25) is 0 Å². The minimum atomic E-state index is -0.853. The molecule has 0 radical (unpaired) electrons. The van der Waals surface area contributed by atoms with Crippen molar-refractivity contribution in [2.45, 2.75) is 30.9 Å². The SMILES string of the molecule is COC(=O)CC1(CS(=O)C2CCOC2)CC1. The molecule has 1 heterocycles. The molecule has 16 heavy (non-hydrogen) atoms. The molecule has 2 aliphatic rings. The molecule has 0 bridgehead atoms. The molecule has 5 heteroatoms. The molecular formula is C11H18O4S. The van der Waals surface area contributed by atoms with Crippen LogP contribution in [-0.2, 0) is 25.1 Å². The van der Waals surface area contributed by atoms with E-state index in [1.807, 2.05) is 0 Å². The molecule has 1 aliphatic heterocycles. The topological polar surface area (TPSA) is 52.6 Å². The number of methoxy groups -OCH3 is 1. The van der Waals surface area contributed by atoms with Crippen LogP contribution in [0.4, 0.5) is 0 Å². The summed E-state index contributed by atoms with van der Waals surface area (Å²) in [7, 11) is 0.549. The van der Waals surface area contributed by atoms with Gasteiger partial charge in [-0.15, -0.1) is 0 Å². The van der Waals surface area contributed by atoms with Crippen LogP contribution in [0.5, 0.6) is 0 Å². The largest absolute Gasteiger partial charge is 0.469 e. The summed E-state index contributed by atoms with van der Waals surface area (Å²) in [6.45, 7) is 1.33. The molecule has 1 saturated heterocycles. The maximum Gasteiger partial charge on any atom is 0.306 e. The zero-order valence-corrected chi connectivity index (χ0v) is 10.4. The zero-order chi connectivity index (χ0) is 11.6. The minimum absolute atomic E-state index is 0.0272. The van der Waals surface area contributed by atoms with Crippen LogP contribution in [0.1, 0.15) is 25.7 Å². The number of carbonyl (C=O) groups is 1. The van der Waals surface area contributed by atoms with E-state index < -0.39 is 10.8 Å². The lowest BCUT2D eigenvalue weighted by molar-refractivity contribution is -0.141. The summed E-state index contributed by atoms with van der Waals surface area (Å²) in [6, 6.07) is 0. The first-order chi connectivity index (χ1) is 7.65. The monoisotopic (exact) mass is 246 g/mol. The van der Waals surface area contributed by atoms with Gasteiger partial charge in [-0.1, -0.05) is 0 Å². The van der Waals surface area contributed by atoms with E-state index >= 15 is 0 Å². The lowest BCUT2D eigenvalue weighted by Crippen LogP contribution is -2.25. The van der Waals surface area contributed by atoms with Crippen molar-refractivity contribution >= 4 is 16.8 Å². The van der Waals surface area contributed by atoms with Gasteiger partial charge in [0.05, 0.1) is 25.4 Å². The fourth-order valence-electron chi connectivity index (χ4n) is 2.07. The van der Waals surface area contributed by atoms with Gasteiger partial charge >= 0.3 is 5.97 Å². The molecule has 92 valence electrons. The predicted molar refractivity (Wildman–Crippen MR) is 60.5 cm³/mol. The Morgan fingerprint density at radius 3 is 2.81 bits per heavy atom. The Morgan fingerprint density at radius 1 is 1.56 bits per heavy atom. The van der Waals surface area contributed by atoms with E-state index in [0.717, 1.165) is 25.9 Å². The third-order valence-corrected chi connectivity index (χ3v) is 5.42. The third kappa shape index (κ3) is 2.83. The Morgan fingerprint density at radius 2 is 2.31 bits per heavy atom. The Balaban J connectivity index is 1.83. The summed E-state index contributed by atoms with van der Waals surface area (Å²) in [6.07, 6.45) is 3.31. The summed E-state index contributed by atoms with van der Waals surface area (Å²) in [5.41, 5.74) is -0.0272. The molecule has 0 N–H and O–H groups in total. The fraction of sp³-hybridized carbons (Fsp3) is 0.909. The third-order valence-electron chi connectivity index (χ3n) is 3.41. The van der Waals surface area contributed by atoms with Crippen molar-refractivity contribution in [3.63, 3.8) is 0 Å². The summed E-state index contributed by atoms with van der Waals surface area (Å²) in [5.74, 6) is 0.452. The van der Waals surface area contributed by atoms with Gasteiger partial charge in [0.15, 0.2) is 0 Å². The summed E-state index contributed by atoms with van der Waals surface area (Å²) < 4.78 is 22.0. The number of carbonyl (C=O) groups excluding carboxylic acids is 1. The summed E-state index contributed by atoms with van der Waals surface area (Å²) in [4.78, 5) is 11.2. The molecule has 2 rings (SSSR count). The first-order valence-electron chi connectivity index (χ1n) is 5.67. The number of hydrogen-bond acceptors (Lipinski definition) is 4. The van der Waals surface area contributed by atoms with Crippen molar-refractivity contribution in [2.75, 3.05) is 26.1 Å². The standard InChI is InChI=1S/C11H18O4S/c1-14-10(12)6-11(3-4-11)8-16(13)9-2-5-15-7-9/h9H,2-8H2,1H3. The van der Waals surface area contributed by atoms with Crippen LogP contribution in [-0.4, -0.2) is 41.5 Å². The van der Waals surface area contributed by atoms with Gasteiger partial charge in [-0.3, -0.25) is 9.00 Å². The van der Waals surface area contributed by atoms with Gasteiger partial charge in [-0.25, -0.2) is 0 Å². The highest BCUT2D eigenvalue weighted by Crippen LogP contribution is 2.50. The zero-order valence-electron chi connectivity index (χ0n) is 9.57. The molecule has 0 aromatic carbocycles. The average molecular weight is 246 g/mol. The Hall–Kier alpha value is -0.420. The maximum absolute atomic E-state index is 12.0. The van der Waals surface area contributed by atoms with Crippen LogP contribution in [0.25, 0.3) is 0 Å². The second kappa shape index (κ2) is 4.84. The molecule has 1 aliphatic carbocycles. The Kier molecular flexibility index (Phi) is 3.64. The lowest BCUT2D eigenvalue weighted by atomic mass is 10.1. The molecule has 0 aromatic heterocycles. The van der Waals surface area contributed by atoms with Gasteiger partial charge in [0.25, 0.3) is 0 Å². The van der Waals surface area contributed by atoms with E-state index in [0.29, 0.717) is 18.8 Å². The average Bonchev–Trinajstić information content (AvgIpc) is 2.83. The predicted octanol–water partition coefficient (Wildman–Crippen LogP) is 0.867. The van der Waals surface area contributed by atoms with Crippen molar-refractivity contribution in [1.29, 1.82) is 0 Å². The van der Waals surface area contributed by atoms with Crippen LogP contribution in [0.3, 0.4) is 0 Å². The van der Waals surface area contributed by atoms with E-state index in [2.05, 4.69) is 4.74 Å². The Bertz CT molecular complexity index is 292. The fourth-order valence-corrected chi connectivity index (χ4v) is 3.90. The van der Waals surface area contributed by atoms with E-state index in [9.17, 15) is 9.00 Å². The number of hydrogen-bond donors (Lipinski definition) is 0. The molecule has 1 saturated carbocycles. The van der Waals surface area contributed by atoms with Gasteiger partial charge in [-0.2, -0.15) is 0 Å². The smallest absolute Gasteiger partial charge is 0.306 e. The summed E-state index contributed by atoms with van der Waals surface area (Å²) in [5, 5.41) is 0.176. The van der Waals surface area contributed by atoms with E-state index in [4.69, 9.17) is 4.74 Å². The lowest BCUT2D eigenvalue weighted by Gasteiger charge is -2.15. The number of esters is 1. The maximum atomic E-state index is 12.0.